The monoisotopic (exact) mass is 400 g/mol. The normalized spacial score (nSPS) is 19.2. The van der Waals surface area contributed by atoms with Gasteiger partial charge in [-0.25, -0.2) is 4.98 Å². The number of aromatic nitrogens is 5. The minimum Gasteiger partial charge on any atom is -0.392 e. The van der Waals surface area contributed by atoms with Gasteiger partial charge in [-0.2, -0.15) is 4.98 Å². The lowest BCUT2D eigenvalue weighted by Gasteiger charge is -2.21. The molecule has 8 heteroatoms. The van der Waals surface area contributed by atoms with Crippen LogP contribution in [-0.2, 0) is 6.54 Å². The summed E-state index contributed by atoms with van der Waals surface area (Å²) in [6, 6.07) is 14.0. The molecule has 1 N–H and O–H groups in total. The minimum atomic E-state index is -0.436. The zero-order chi connectivity index (χ0) is 20.3. The van der Waals surface area contributed by atoms with Gasteiger partial charge in [0.05, 0.1) is 24.0 Å². The highest BCUT2D eigenvalue weighted by Crippen LogP contribution is 2.33. The number of pyridine rings is 1. The van der Waals surface area contributed by atoms with Crippen LogP contribution in [-0.4, -0.2) is 47.7 Å². The number of β-amino-alcohol motifs (C(OH)–C–C–N with tert-alkyl or cyclic N) is 1. The first-order valence-corrected chi connectivity index (χ1v) is 9.79. The van der Waals surface area contributed by atoms with Gasteiger partial charge in [-0.1, -0.05) is 35.5 Å². The number of aliphatic hydroxyl groups excluding tert-OH is 1. The van der Waals surface area contributed by atoms with Crippen LogP contribution in [0, 0.1) is 0 Å². The van der Waals surface area contributed by atoms with Gasteiger partial charge in [-0.15, -0.1) is 0 Å². The molecule has 1 aliphatic heterocycles. The zero-order valence-electron chi connectivity index (χ0n) is 16.2. The summed E-state index contributed by atoms with van der Waals surface area (Å²) in [6.45, 7) is 1.22. The van der Waals surface area contributed by atoms with Crippen molar-refractivity contribution in [2.75, 3.05) is 6.54 Å². The third-order valence-electron chi connectivity index (χ3n) is 5.20. The molecule has 0 amide bonds. The maximum absolute atomic E-state index is 10.3. The molecule has 0 saturated carbocycles. The summed E-state index contributed by atoms with van der Waals surface area (Å²) >= 11 is 0. The predicted octanol–water partition coefficient (Wildman–Crippen LogP) is 2.90. The lowest BCUT2D eigenvalue weighted by molar-refractivity contribution is 0.169. The third-order valence-corrected chi connectivity index (χ3v) is 5.20. The summed E-state index contributed by atoms with van der Waals surface area (Å²) in [5, 5.41) is 14.3. The topological polar surface area (TPSA) is 101 Å². The summed E-state index contributed by atoms with van der Waals surface area (Å²) in [4.78, 5) is 19.3. The van der Waals surface area contributed by atoms with Crippen molar-refractivity contribution in [2.24, 2.45) is 0 Å². The molecule has 4 aromatic rings. The number of benzene rings is 1. The molecular formula is C22H20N6O2. The summed E-state index contributed by atoms with van der Waals surface area (Å²) in [7, 11) is 0. The molecule has 0 aliphatic carbocycles. The second-order valence-corrected chi connectivity index (χ2v) is 7.29. The van der Waals surface area contributed by atoms with E-state index < -0.39 is 6.10 Å². The van der Waals surface area contributed by atoms with Gasteiger partial charge in [0.25, 0.3) is 0 Å². The average molecular weight is 400 g/mol. The number of likely N-dealkylation sites (tertiary alicyclic amines) is 1. The SMILES string of the molecule is OC1CC(c2nc(-c3cnccn3)no2)N(Cc2ccc(-c3ccccn3)cc2)C1. The van der Waals surface area contributed by atoms with Crippen LogP contribution in [0.15, 0.2) is 71.8 Å². The van der Waals surface area contributed by atoms with Gasteiger partial charge in [0.2, 0.25) is 11.7 Å². The smallest absolute Gasteiger partial charge is 0.244 e. The number of hydrogen-bond acceptors (Lipinski definition) is 8. The quantitative estimate of drug-likeness (QED) is 0.546. The van der Waals surface area contributed by atoms with E-state index in [-0.39, 0.29) is 6.04 Å². The van der Waals surface area contributed by atoms with Gasteiger partial charge in [0.15, 0.2) is 0 Å². The lowest BCUT2D eigenvalue weighted by Crippen LogP contribution is -2.24. The Morgan fingerprint density at radius 2 is 1.87 bits per heavy atom. The minimum absolute atomic E-state index is 0.145. The number of nitrogens with zero attached hydrogens (tertiary/aromatic N) is 6. The van der Waals surface area contributed by atoms with Crippen LogP contribution in [0.5, 0.6) is 0 Å². The molecule has 2 unspecified atom stereocenters. The molecule has 1 aromatic carbocycles. The van der Waals surface area contributed by atoms with E-state index in [1.807, 2.05) is 18.2 Å². The Labute approximate surface area is 173 Å². The molecule has 0 spiro atoms. The van der Waals surface area contributed by atoms with Crippen LogP contribution in [0.1, 0.15) is 23.9 Å². The molecule has 1 fully saturated rings. The number of rotatable bonds is 5. The van der Waals surface area contributed by atoms with E-state index >= 15 is 0 Å². The molecule has 5 rings (SSSR count). The first kappa shape index (κ1) is 18.5. The summed E-state index contributed by atoms with van der Waals surface area (Å²) in [5.41, 5.74) is 3.72. The van der Waals surface area contributed by atoms with Crippen molar-refractivity contribution >= 4 is 0 Å². The fourth-order valence-corrected chi connectivity index (χ4v) is 3.75. The second-order valence-electron chi connectivity index (χ2n) is 7.29. The first-order chi connectivity index (χ1) is 14.8. The third kappa shape index (κ3) is 3.83. The summed E-state index contributed by atoms with van der Waals surface area (Å²) in [5.74, 6) is 0.886. The average Bonchev–Trinajstić information content (AvgIpc) is 3.42. The van der Waals surface area contributed by atoms with Crippen LogP contribution < -0.4 is 0 Å². The van der Waals surface area contributed by atoms with E-state index in [0.717, 1.165) is 16.8 Å². The lowest BCUT2D eigenvalue weighted by atomic mass is 10.1. The molecule has 150 valence electrons. The maximum atomic E-state index is 10.3. The summed E-state index contributed by atoms with van der Waals surface area (Å²) in [6.07, 6.45) is 6.69. The van der Waals surface area contributed by atoms with E-state index in [1.165, 1.54) is 0 Å². The van der Waals surface area contributed by atoms with Gasteiger partial charge in [0, 0.05) is 37.2 Å². The van der Waals surface area contributed by atoms with Crippen molar-refractivity contribution in [1.29, 1.82) is 0 Å². The van der Waals surface area contributed by atoms with Crippen molar-refractivity contribution in [3.05, 3.63) is 78.7 Å². The molecule has 0 radical (unpaired) electrons. The molecule has 2 atom stereocenters. The summed E-state index contributed by atoms with van der Waals surface area (Å²) < 4.78 is 5.51. The second kappa shape index (κ2) is 8.10. The Bertz CT molecular complexity index is 1100. The Balaban J connectivity index is 1.33. The van der Waals surface area contributed by atoms with Crippen LogP contribution >= 0.6 is 0 Å². The highest BCUT2D eigenvalue weighted by atomic mass is 16.5. The van der Waals surface area contributed by atoms with Crippen molar-refractivity contribution in [2.45, 2.75) is 25.1 Å². The van der Waals surface area contributed by atoms with Gasteiger partial charge >= 0.3 is 0 Å². The van der Waals surface area contributed by atoms with E-state index in [0.29, 0.717) is 36.9 Å². The van der Waals surface area contributed by atoms with Crippen molar-refractivity contribution in [3.8, 4) is 22.8 Å². The molecule has 3 aromatic heterocycles. The van der Waals surface area contributed by atoms with E-state index in [4.69, 9.17) is 4.52 Å². The Hall–Kier alpha value is -3.49. The van der Waals surface area contributed by atoms with Crippen LogP contribution in [0.3, 0.4) is 0 Å². The van der Waals surface area contributed by atoms with E-state index in [1.54, 1.807) is 24.8 Å². The van der Waals surface area contributed by atoms with Crippen molar-refractivity contribution < 1.29 is 9.63 Å². The van der Waals surface area contributed by atoms with E-state index in [9.17, 15) is 5.11 Å². The fraction of sp³-hybridized carbons (Fsp3) is 0.227. The van der Waals surface area contributed by atoms with Crippen LogP contribution in [0.25, 0.3) is 22.8 Å². The Kier molecular flexibility index (Phi) is 5.00. The Morgan fingerprint density at radius 3 is 2.63 bits per heavy atom. The zero-order valence-corrected chi connectivity index (χ0v) is 16.2. The van der Waals surface area contributed by atoms with Gasteiger partial charge in [0.1, 0.15) is 5.69 Å². The van der Waals surface area contributed by atoms with Crippen molar-refractivity contribution in [3.63, 3.8) is 0 Å². The van der Waals surface area contributed by atoms with Gasteiger partial charge in [-0.3, -0.25) is 14.9 Å². The van der Waals surface area contributed by atoms with Crippen molar-refractivity contribution in [1.82, 2.24) is 30.0 Å². The number of hydrogen-bond donors (Lipinski definition) is 1. The van der Waals surface area contributed by atoms with Crippen LogP contribution in [0.4, 0.5) is 0 Å². The Morgan fingerprint density at radius 1 is 1.00 bits per heavy atom. The molecule has 0 bridgehead atoms. The molecule has 30 heavy (non-hydrogen) atoms. The van der Waals surface area contributed by atoms with Gasteiger partial charge < -0.3 is 9.63 Å². The molecule has 1 saturated heterocycles. The van der Waals surface area contributed by atoms with Gasteiger partial charge in [-0.05, 0) is 24.1 Å². The highest BCUT2D eigenvalue weighted by molar-refractivity contribution is 5.59. The standard InChI is InChI=1S/C22H20N6O2/c29-17-11-20(22-26-21(27-30-22)19-12-23-9-10-25-19)28(14-17)13-15-4-6-16(7-5-15)18-3-1-2-8-24-18/h1-10,12,17,20,29H,11,13-14H2. The molecule has 8 nitrogen and oxygen atoms in total. The molecule has 4 heterocycles. The fourth-order valence-electron chi connectivity index (χ4n) is 3.75. The molecule has 1 aliphatic rings. The number of aliphatic hydroxyl groups is 1. The maximum Gasteiger partial charge on any atom is 0.244 e. The van der Waals surface area contributed by atoms with Crippen LogP contribution in [0.2, 0.25) is 0 Å². The van der Waals surface area contributed by atoms with E-state index in [2.05, 4.69) is 54.3 Å². The highest BCUT2D eigenvalue weighted by Gasteiger charge is 2.36. The first-order valence-electron chi connectivity index (χ1n) is 9.79. The molecular weight excluding hydrogens is 380 g/mol. The largest absolute Gasteiger partial charge is 0.392 e. The predicted molar refractivity (Wildman–Crippen MR) is 109 cm³/mol.